The highest BCUT2D eigenvalue weighted by Crippen LogP contribution is 2.40. The minimum atomic E-state index is -1.15. The molecule has 0 aromatic heterocycles. The molecule has 1 aliphatic rings. The maximum absolute atomic E-state index is 14.1. The van der Waals surface area contributed by atoms with Gasteiger partial charge in [0, 0.05) is 41.5 Å². The van der Waals surface area contributed by atoms with Gasteiger partial charge in [-0.15, -0.1) is 0 Å². The number of ether oxygens (including phenoxy) is 1. The highest BCUT2D eigenvalue weighted by atomic mass is 35.5. The number of nitrogens with zero attached hydrogens (tertiary/aromatic N) is 1. The molecule has 0 aliphatic carbocycles. The molecule has 40 heavy (non-hydrogen) atoms. The smallest absolute Gasteiger partial charge is 0.404 e. The normalized spacial score (nSPS) is 16.8. The fraction of sp³-hybridized carbons (Fsp3) is 0.300. The summed E-state index contributed by atoms with van der Waals surface area (Å²) in [6, 6.07) is 18.5. The number of fused-ring (bicyclic) bond motifs is 1. The summed E-state index contributed by atoms with van der Waals surface area (Å²) in [7, 11) is 0. The van der Waals surface area contributed by atoms with Crippen molar-refractivity contribution in [2.45, 2.75) is 45.6 Å². The Kier molecular flexibility index (Phi) is 9.39. The Morgan fingerprint density at radius 1 is 1.05 bits per heavy atom. The van der Waals surface area contributed by atoms with Crippen LogP contribution in [0.2, 0.25) is 5.02 Å². The van der Waals surface area contributed by atoms with E-state index in [1.807, 2.05) is 19.9 Å². The highest BCUT2D eigenvalue weighted by Gasteiger charge is 2.38. The van der Waals surface area contributed by atoms with Crippen molar-refractivity contribution >= 4 is 35.2 Å². The lowest BCUT2D eigenvalue weighted by Gasteiger charge is -2.26. The van der Waals surface area contributed by atoms with Crippen molar-refractivity contribution in [3.63, 3.8) is 0 Å². The Morgan fingerprint density at radius 3 is 2.55 bits per heavy atom. The van der Waals surface area contributed by atoms with E-state index in [-0.39, 0.29) is 31.3 Å². The van der Waals surface area contributed by atoms with E-state index in [0.717, 1.165) is 0 Å². The van der Waals surface area contributed by atoms with Gasteiger partial charge in [0.05, 0.1) is 6.42 Å². The molecule has 3 N–H and O–H groups in total. The summed E-state index contributed by atoms with van der Waals surface area (Å²) in [6.07, 6.45) is -3.34. The van der Waals surface area contributed by atoms with Gasteiger partial charge < -0.3 is 25.4 Å². The monoisotopic (exact) mass is 567 g/mol. The molecule has 0 spiro atoms. The van der Waals surface area contributed by atoms with E-state index in [0.29, 0.717) is 39.5 Å². The number of carbonyl (C=O) groups is 3. The van der Waals surface area contributed by atoms with Gasteiger partial charge in [-0.05, 0) is 41.3 Å². The van der Waals surface area contributed by atoms with Gasteiger partial charge in [-0.25, -0.2) is 9.18 Å². The number of nitrogens with one attached hydrogen (secondary N) is 2. The number of carbonyl (C=O) groups excluding carboxylic acids is 2. The molecule has 0 radical (unpaired) electrons. The summed E-state index contributed by atoms with van der Waals surface area (Å²) >= 11 is 6.39. The van der Waals surface area contributed by atoms with Crippen LogP contribution in [0.25, 0.3) is 0 Å². The first-order valence-electron chi connectivity index (χ1n) is 12.9. The van der Waals surface area contributed by atoms with Crippen molar-refractivity contribution < 1.29 is 28.6 Å². The molecule has 210 valence electrons. The molecular formula is C30H31ClFN3O5. The highest BCUT2D eigenvalue weighted by molar-refractivity contribution is 6.30. The number of anilines is 1. The lowest BCUT2D eigenvalue weighted by molar-refractivity contribution is -0.138. The average molecular weight is 568 g/mol. The van der Waals surface area contributed by atoms with Gasteiger partial charge >= 0.3 is 6.09 Å². The van der Waals surface area contributed by atoms with Crippen LogP contribution in [-0.4, -0.2) is 35.7 Å². The van der Waals surface area contributed by atoms with Crippen molar-refractivity contribution in [1.29, 1.82) is 0 Å². The molecule has 3 aromatic rings. The molecule has 0 fully saturated rings. The number of carboxylic acid groups (broad SMARTS) is 1. The van der Waals surface area contributed by atoms with Gasteiger partial charge in [0.1, 0.15) is 18.0 Å². The van der Waals surface area contributed by atoms with Crippen LogP contribution in [0.15, 0.2) is 66.7 Å². The second-order valence-corrected chi connectivity index (χ2v) is 10.5. The Labute approximate surface area is 237 Å². The Hall–Kier alpha value is -3.95. The van der Waals surface area contributed by atoms with Gasteiger partial charge in [-0.1, -0.05) is 67.9 Å². The summed E-state index contributed by atoms with van der Waals surface area (Å²) < 4.78 is 20.5. The van der Waals surface area contributed by atoms with Crippen molar-refractivity contribution in [2.24, 2.45) is 5.92 Å². The molecule has 0 bridgehead atoms. The average Bonchev–Trinajstić information content (AvgIpc) is 3.02. The van der Waals surface area contributed by atoms with Crippen LogP contribution in [-0.2, 0) is 27.4 Å². The molecule has 3 aromatic carbocycles. The Balaban J connectivity index is 1.68. The van der Waals surface area contributed by atoms with Gasteiger partial charge in [0.25, 0.3) is 5.91 Å². The van der Waals surface area contributed by atoms with E-state index in [9.17, 15) is 18.8 Å². The predicted molar refractivity (Wildman–Crippen MR) is 150 cm³/mol. The quantitative estimate of drug-likeness (QED) is 0.319. The lowest BCUT2D eigenvalue weighted by atomic mass is 9.97. The predicted octanol–water partition coefficient (Wildman–Crippen LogP) is 5.43. The number of hydrogen-bond donors (Lipinski definition) is 3. The molecule has 2 unspecified atom stereocenters. The molecule has 2 atom stereocenters. The third-order valence-electron chi connectivity index (χ3n) is 6.45. The van der Waals surface area contributed by atoms with Crippen LogP contribution in [0.5, 0.6) is 0 Å². The maximum Gasteiger partial charge on any atom is 0.404 e. The molecule has 10 heteroatoms. The minimum absolute atomic E-state index is 0.0278. The molecule has 8 nitrogen and oxygen atoms in total. The van der Waals surface area contributed by atoms with E-state index in [1.54, 1.807) is 59.5 Å². The lowest BCUT2D eigenvalue weighted by Crippen LogP contribution is -2.43. The van der Waals surface area contributed by atoms with Crippen LogP contribution in [0, 0.1) is 11.7 Å². The summed E-state index contributed by atoms with van der Waals surface area (Å²) in [5.74, 6) is -1.15. The van der Waals surface area contributed by atoms with Crippen LogP contribution in [0.1, 0.15) is 48.6 Å². The van der Waals surface area contributed by atoms with Crippen molar-refractivity contribution in [2.75, 3.05) is 11.4 Å². The standard InChI is InChI=1S/C30H31ClFN3O5/c1-18(2)17-35-25-11-10-22(31)13-23(25)28(20-8-5-6-19(12-20)15-34-30(38)39)40-26(29(35)37)14-27(36)33-16-21-7-3-4-9-24(21)32/h3-13,18,26,28,34H,14-17H2,1-2H3,(H,33,36)(H,38,39). The van der Waals surface area contributed by atoms with Gasteiger partial charge in [0.15, 0.2) is 0 Å². The Morgan fingerprint density at radius 2 is 1.82 bits per heavy atom. The van der Waals surface area contributed by atoms with E-state index in [1.165, 1.54) is 6.07 Å². The molecule has 0 saturated carbocycles. The third kappa shape index (κ3) is 7.16. The number of halogens is 2. The minimum Gasteiger partial charge on any atom is -0.465 e. The zero-order valence-corrected chi connectivity index (χ0v) is 23.0. The fourth-order valence-corrected chi connectivity index (χ4v) is 4.82. The van der Waals surface area contributed by atoms with E-state index in [4.69, 9.17) is 21.4 Å². The summed E-state index contributed by atoms with van der Waals surface area (Å²) in [4.78, 5) is 39.5. The number of benzene rings is 3. The molecule has 1 aliphatic heterocycles. The molecule has 4 rings (SSSR count). The van der Waals surface area contributed by atoms with Crippen molar-refractivity contribution in [1.82, 2.24) is 10.6 Å². The first-order valence-corrected chi connectivity index (χ1v) is 13.3. The van der Waals surface area contributed by atoms with Gasteiger partial charge in [0.2, 0.25) is 5.91 Å². The summed E-state index contributed by atoms with van der Waals surface area (Å²) in [5, 5.41) is 14.5. The summed E-state index contributed by atoms with van der Waals surface area (Å²) in [6.45, 7) is 4.42. The zero-order valence-electron chi connectivity index (χ0n) is 22.2. The number of hydrogen-bond acceptors (Lipinski definition) is 4. The largest absolute Gasteiger partial charge is 0.465 e. The molecular weight excluding hydrogens is 537 g/mol. The second-order valence-electron chi connectivity index (χ2n) is 10.0. The molecule has 1 heterocycles. The first-order chi connectivity index (χ1) is 19.1. The maximum atomic E-state index is 14.1. The first kappa shape index (κ1) is 29.0. The van der Waals surface area contributed by atoms with Crippen LogP contribution in [0.3, 0.4) is 0 Å². The van der Waals surface area contributed by atoms with Crippen LogP contribution in [0.4, 0.5) is 14.9 Å². The molecule has 3 amide bonds. The summed E-state index contributed by atoms with van der Waals surface area (Å²) in [5.41, 5.74) is 2.97. The topological polar surface area (TPSA) is 108 Å². The van der Waals surface area contributed by atoms with Crippen molar-refractivity contribution in [3.05, 3.63) is 99.8 Å². The van der Waals surface area contributed by atoms with E-state index < -0.39 is 30.0 Å². The zero-order chi connectivity index (χ0) is 28.8. The van der Waals surface area contributed by atoms with Gasteiger partial charge in [-0.3, -0.25) is 9.59 Å². The fourth-order valence-electron chi connectivity index (χ4n) is 4.64. The SMILES string of the molecule is CC(C)CN1C(=O)C(CC(=O)NCc2ccccc2F)OC(c2cccc(CNC(=O)O)c2)c2cc(Cl)ccc21. The van der Waals surface area contributed by atoms with Gasteiger partial charge in [-0.2, -0.15) is 0 Å². The second kappa shape index (κ2) is 12.9. The molecule has 0 saturated heterocycles. The third-order valence-corrected chi connectivity index (χ3v) is 6.69. The number of amides is 3. The Bertz CT molecular complexity index is 1400. The van der Waals surface area contributed by atoms with Crippen LogP contribution < -0.4 is 15.5 Å². The van der Waals surface area contributed by atoms with Crippen LogP contribution >= 0.6 is 11.6 Å². The van der Waals surface area contributed by atoms with E-state index >= 15 is 0 Å². The van der Waals surface area contributed by atoms with Crippen molar-refractivity contribution in [3.8, 4) is 0 Å². The number of rotatable bonds is 9. The van der Waals surface area contributed by atoms with E-state index in [2.05, 4.69) is 10.6 Å².